The Morgan fingerprint density at radius 1 is 1.40 bits per heavy atom. The van der Waals surface area contributed by atoms with Crippen LogP contribution in [0.5, 0.6) is 0 Å². The van der Waals surface area contributed by atoms with Crippen LogP contribution in [0.15, 0.2) is 39.0 Å². The van der Waals surface area contributed by atoms with Gasteiger partial charge in [-0.15, -0.1) is 0 Å². The molecule has 0 fully saturated rings. The van der Waals surface area contributed by atoms with E-state index in [9.17, 15) is 5.11 Å². The van der Waals surface area contributed by atoms with Crippen LogP contribution in [0.3, 0.4) is 0 Å². The van der Waals surface area contributed by atoms with Gasteiger partial charge in [0.05, 0.1) is 17.5 Å². The minimum absolute atomic E-state index is 0.314. The number of halogens is 1. The van der Waals surface area contributed by atoms with Crippen molar-refractivity contribution < 1.29 is 5.11 Å². The lowest BCUT2D eigenvalue weighted by atomic mass is 9.84. The van der Waals surface area contributed by atoms with Gasteiger partial charge in [-0.2, -0.15) is 0 Å². The fourth-order valence-electron chi connectivity index (χ4n) is 2.52. The second-order valence-corrected chi connectivity index (χ2v) is 5.13. The third kappa shape index (κ3) is 1.45. The van der Waals surface area contributed by atoms with Crippen molar-refractivity contribution in [3.8, 4) is 0 Å². The molecule has 0 aromatic carbocycles. The molecule has 3 rings (SSSR count). The predicted molar refractivity (Wildman–Crippen MR) is 64.0 cm³/mol. The van der Waals surface area contributed by atoms with Crippen molar-refractivity contribution in [2.24, 2.45) is 10.9 Å². The molecule has 0 aromatic heterocycles. The predicted octanol–water partition coefficient (Wildman–Crippen LogP) is 2.70. The topological polar surface area (TPSA) is 32.6 Å². The van der Waals surface area contributed by atoms with Gasteiger partial charge in [0.15, 0.2) is 0 Å². The summed E-state index contributed by atoms with van der Waals surface area (Å²) in [6.45, 7) is 0. The third-order valence-corrected chi connectivity index (χ3v) is 3.78. The highest BCUT2D eigenvalue weighted by Gasteiger charge is 2.33. The number of aliphatic hydroxyl groups excluding tert-OH is 1. The summed E-state index contributed by atoms with van der Waals surface area (Å²) in [5, 5.41) is 9.87. The summed E-state index contributed by atoms with van der Waals surface area (Å²) in [6.07, 6.45) is 8.91. The fourth-order valence-corrected chi connectivity index (χ4v) is 2.92. The summed E-state index contributed by atoms with van der Waals surface area (Å²) in [5.41, 5.74) is 3.35. The monoisotopic (exact) mass is 265 g/mol. The second-order valence-electron chi connectivity index (χ2n) is 4.22. The molecule has 78 valence electrons. The van der Waals surface area contributed by atoms with Crippen LogP contribution >= 0.6 is 15.9 Å². The molecule has 0 radical (unpaired) electrons. The number of nitrogens with zero attached hydrogens (tertiary/aromatic N) is 1. The standard InChI is InChI=1S/C12H12BrNO/c13-7-4-5-10-9(6-7)8-2-1-3-11(15)12(8)14-10/h4-6,9,11,15H,1-3H2/t9-,11+/m1/s1. The van der Waals surface area contributed by atoms with Crippen LogP contribution in [0.4, 0.5) is 0 Å². The highest BCUT2D eigenvalue weighted by Crippen LogP contribution is 2.40. The van der Waals surface area contributed by atoms with E-state index in [4.69, 9.17) is 0 Å². The number of aliphatic hydroxyl groups is 1. The van der Waals surface area contributed by atoms with Crippen LogP contribution in [-0.4, -0.2) is 16.9 Å². The molecule has 2 nitrogen and oxygen atoms in total. The van der Waals surface area contributed by atoms with Gasteiger partial charge in [0.25, 0.3) is 0 Å². The lowest BCUT2D eigenvalue weighted by molar-refractivity contribution is 0.187. The minimum Gasteiger partial charge on any atom is -0.387 e. The molecule has 3 heteroatoms. The molecule has 0 aromatic rings. The Balaban J connectivity index is 2.05. The average molecular weight is 266 g/mol. The maximum atomic E-state index is 9.87. The SMILES string of the molecule is O[C@H]1CCCC2=C1N=C1C=CC(Br)=C[C@@H]12. The molecule has 1 aliphatic heterocycles. The quantitative estimate of drug-likeness (QED) is 0.718. The van der Waals surface area contributed by atoms with Gasteiger partial charge in [0.2, 0.25) is 0 Å². The number of aliphatic imine (C=N–C) groups is 1. The lowest BCUT2D eigenvalue weighted by Gasteiger charge is -2.21. The van der Waals surface area contributed by atoms with Gasteiger partial charge >= 0.3 is 0 Å². The summed E-state index contributed by atoms with van der Waals surface area (Å²) < 4.78 is 1.11. The van der Waals surface area contributed by atoms with Crippen molar-refractivity contribution in [2.75, 3.05) is 0 Å². The molecule has 3 aliphatic rings. The van der Waals surface area contributed by atoms with E-state index >= 15 is 0 Å². The molecule has 1 N–H and O–H groups in total. The first-order valence-electron chi connectivity index (χ1n) is 5.30. The number of hydrogen-bond donors (Lipinski definition) is 1. The number of fused-ring (bicyclic) bond motifs is 2. The van der Waals surface area contributed by atoms with E-state index in [1.807, 2.05) is 12.2 Å². The summed E-state index contributed by atoms with van der Waals surface area (Å²) in [4.78, 5) is 4.54. The summed E-state index contributed by atoms with van der Waals surface area (Å²) in [5.74, 6) is 0.314. The van der Waals surface area contributed by atoms with Crippen molar-refractivity contribution in [1.29, 1.82) is 0 Å². The molecule has 0 amide bonds. The van der Waals surface area contributed by atoms with Crippen LogP contribution in [0.25, 0.3) is 0 Å². The normalized spacial score (nSPS) is 33.5. The van der Waals surface area contributed by atoms with Crippen LogP contribution < -0.4 is 0 Å². The van der Waals surface area contributed by atoms with Gasteiger partial charge in [-0.1, -0.05) is 22.0 Å². The van der Waals surface area contributed by atoms with E-state index in [0.29, 0.717) is 5.92 Å². The number of rotatable bonds is 0. The van der Waals surface area contributed by atoms with Gasteiger partial charge in [-0.25, -0.2) is 0 Å². The van der Waals surface area contributed by atoms with Gasteiger partial charge in [-0.05, 0) is 37.0 Å². The maximum absolute atomic E-state index is 9.87. The van der Waals surface area contributed by atoms with Crippen LogP contribution in [0, 0.1) is 5.92 Å². The summed E-state index contributed by atoms with van der Waals surface area (Å²) >= 11 is 3.49. The van der Waals surface area contributed by atoms with Crippen LogP contribution in [0.2, 0.25) is 0 Å². The first kappa shape index (κ1) is 9.55. The molecule has 0 spiro atoms. The van der Waals surface area contributed by atoms with E-state index in [1.54, 1.807) is 0 Å². The van der Waals surface area contributed by atoms with Gasteiger partial charge < -0.3 is 5.11 Å². The van der Waals surface area contributed by atoms with E-state index in [2.05, 4.69) is 27.0 Å². The van der Waals surface area contributed by atoms with Crippen molar-refractivity contribution in [2.45, 2.75) is 25.4 Å². The van der Waals surface area contributed by atoms with Gasteiger partial charge in [-0.3, -0.25) is 4.99 Å². The molecule has 2 atom stereocenters. The first-order chi connectivity index (χ1) is 7.25. The molecule has 0 saturated carbocycles. The van der Waals surface area contributed by atoms with Gasteiger partial charge in [0, 0.05) is 10.4 Å². The highest BCUT2D eigenvalue weighted by molar-refractivity contribution is 9.11. The Bertz CT molecular complexity index is 431. The molecule has 15 heavy (non-hydrogen) atoms. The van der Waals surface area contributed by atoms with E-state index in [1.165, 1.54) is 5.57 Å². The van der Waals surface area contributed by atoms with E-state index < -0.39 is 0 Å². The summed E-state index contributed by atoms with van der Waals surface area (Å²) in [7, 11) is 0. The maximum Gasteiger partial charge on any atom is 0.0959 e. The third-order valence-electron chi connectivity index (χ3n) is 3.25. The molecular formula is C12H12BrNO. The molecule has 1 heterocycles. The Kier molecular flexibility index (Phi) is 2.18. The van der Waals surface area contributed by atoms with Crippen molar-refractivity contribution >= 4 is 21.6 Å². The lowest BCUT2D eigenvalue weighted by Crippen LogP contribution is -2.17. The van der Waals surface area contributed by atoms with Crippen molar-refractivity contribution in [3.63, 3.8) is 0 Å². The van der Waals surface area contributed by atoms with E-state index in [-0.39, 0.29) is 6.10 Å². The van der Waals surface area contributed by atoms with Crippen molar-refractivity contribution in [3.05, 3.63) is 34.0 Å². The van der Waals surface area contributed by atoms with Crippen LogP contribution in [0.1, 0.15) is 19.3 Å². The van der Waals surface area contributed by atoms with Crippen molar-refractivity contribution in [1.82, 2.24) is 0 Å². The molecular weight excluding hydrogens is 254 g/mol. The Morgan fingerprint density at radius 3 is 3.13 bits per heavy atom. The molecule has 0 saturated heterocycles. The van der Waals surface area contributed by atoms with Gasteiger partial charge in [0.1, 0.15) is 0 Å². The second kappa shape index (κ2) is 3.42. The molecule has 0 bridgehead atoms. The minimum atomic E-state index is -0.340. The number of allylic oxidation sites excluding steroid dienone is 5. The molecule has 0 unspecified atom stereocenters. The zero-order valence-electron chi connectivity index (χ0n) is 8.28. The Hall–Kier alpha value is -0.670. The average Bonchev–Trinajstić information content (AvgIpc) is 2.58. The first-order valence-corrected chi connectivity index (χ1v) is 6.10. The summed E-state index contributed by atoms with van der Waals surface area (Å²) in [6, 6.07) is 0. The Labute approximate surface area is 97.2 Å². The van der Waals surface area contributed by atoms with E-state index in [0.717, 1.165) is 35.2 Å². The smallest absolute Gasteiger partial charge is 0.0959 e. The fraction of sp³-hybridized carbons (Fsp3) is 0.417. The Morgan fingerprint density at radius 2 is 2.27 bits per heavy atom. The number of hydrogen-bond acceptors (Lipinski definition) is 2. The zero-order chi connectivity index (χ0) is 10.4. The largest absolute Gasteiger partial charge is 0.387 e. The molecule has 2 aliphatic carbocycles. The van der Waals surface area contributed by atoms with Crippen LogP contribution in [-0.2, 0) is 0 Å². The zero-order valence-corrected chi connectivity index (χ0v) is 9.87. The highest BCUT2D eigenvalue weighted by atomic mass is 79.9.